The fraction of sp³-hybridized carbons (Fsp3) is 0.0556. The smallest absolute Gasteiger partial charge is 0.161 e. The number of nitrogens with one attached hydrogen (secondary N) is 1. The lowest BCUT2D eigenvalue weighted by Gasteiger charge is -2.03. The number of phenolic OH excluding ortho intramolecular Hbond substituents is 1. The van der Waals surface area contributed by atoms with Crippen LogP contribution in [0.15, 0.2) is 54.6 Å². The van der Waals surface area contributed by atoms with E-state index < -0.39 is 0 Å². The van der Waals surface area contributed by atoms with Crippen LogP contribution in [0.2, 0.25) is 0 Å². The summed E-state index contributed by atoms with van der Waals surface area (Å²) in [6.07, 6.45) is 3.83. The number of ether oxygens (including phenoxy) is 1. The Morgan fingerprint density at radius 1 is 1.05 bits per heavy atom. The number of methoxy groups -OCH3 is 1. The third kappa shape index (κ3) is 3.01. The maximum absolute atomic E-state index is 9.58. The lowest BCUT2D eigenvalue weighted by atomic mass is 10.1. The van der Waals surface area contributed by atoms with Crippen LogP contribution in [-0.2, 0) is 0 Å². The Labute approximate surface area is 128 Å². The molecule has 0 spiro atoms. The van der Waals surface area contributed by atoms with Crippen LogP contribution in [-0.4, -0.2) is 22.4 Å². The van der Waals surface area contributed by atoms with Crippen LogP contribution in [0, 0.1) is 0 Å². The molecule has 4 nitrogen and oxygen atoms in total. The Hall–Kier alpha value is -3.01. The molecule has 0 saturated carbocycles. The van der Waals surface area contributed by atoms with Crippen molar-refractivity contribution >= 4 is 12.2 Å². The molecule has 1 heterocycles. The van der Waals surface area contributed by atoms with Crippen LogP contribution in [0.1, 0.15) is 11.3 Å². The lowest BCUT2D eigenvalue weighted by molar-refractivity contribution is 0.373. The quantitative estimate of drug-likeness (QED) is 0.765. The standard InChI is InChI=1S/C18H16N2O2/c1-22-18-11-13(8-10-17(18)21)7-9-15-12-16(20-19-15)14-5-3-2-4-6-14/h2-12,21H,1H3,(H,19,20)/b9-7+. The molecular formula is C18H16N2O2. The van der Waals surface area contributed by atoms with Crippen molar-refractivity contribution in [2.75, 3.05) is 7.11 Å². The predicted octanol–water partition coefficient (Wildman–Crippen LogP) is 3.96. The summed E-state index contributed by atoms with van der Waals surface area (Å²) in [5.41, 5.74) is 3.84. The average molecular weight is 292 g/mol. The summed E-state index contributed by atoms with van der Waals surface area (Å²) in [6, 6.07) is 17.2. The molecule has 0 unspecified atom stereocenters. The Kier molecular flexibility index (Phi) is 3.92. The van der Waals surface area contributed by atoms with Gasteiger partial charge in [0.1, 0.15) is 0 Å². The number of H-pyrrole nitrogens is 1. The second-order valence-corrected chi connectivity index (χ2v) is 4.84. The normalized spacial score (nSPS) is 11.0. The first-order chi connectivity index (χ1) is 10.8. The molecule has 3 aromatic rings. The van der Waals surface area contributed by atoms with Crippen LogP contribution in [0.3, 0.4) is 0 Å². The fourth-order valence-electron chi connectivity index (χ4n) is 2.17. The first-order valence-electron chi connectivity index (χ1n) is 6.92. The zero-order chi connectivity index (χ0) is 15.4. The SMILES string of the molecule is COc1cc(/C=C/c2cc(-c3ccccc3)[nH]n2)ccc1O. The number of hydrogen-bond donors (Lipinski definition) is 2. The van der Waals surface area contributed by atoms with Gasteiger partial charge in [0, 0.05) is 0 Å². The van der Waals surface area contributed by atoms with Crippen molar-refractivity contribution in [2.24, 2.45) is 0 Å². The molecule has 0 aliphatic rings. The molecule has 0 bridgehead atoms. The summed E-state index contributed by atoms with van der Waals surface area (Å²) in [5.74, 6) is 0.583. The highest BCUT2D eigenvalue weighted by molar-refractivity contribution is 5.71. The Morgan fingerprint density at radius 2 is 1.86 bits per heavy atom. The third-order valence-electron chi connectivity index (χ3n) is 3.33. The van der Waals surface area contributed by atoms with Crippen molar-refractivity contribution in [1.82, 2.24) is 10.2 Å². The van der Waals surface area contributed by atoms with Crippen molar-refractivity contribution in [1.29, 1.82) is 0 Å². The summed E-state index contributed by atoms with van der Waals surface area (Å²) in [7, 11) is 1.53. The van der Waals surface area contributed by atoms with Gasteiger partial charge in [-0.1, -0.05) is 42.5 Å². The van der Waals surface area contributed by atoms with Crippen LogP contribution in [0.4, 0.5) is 0 Å². The van der Waals surface area contributed by atoms with Crippen molar-refractivity contribution in [2.45, 2.75) is 0 Å². The molecule has 0 radical (unpaired) electrons. The summed E-state index contributed by atoms with van der Waals surface area (Å²) < 4.78 is 5.09. The largest absolute Gasteiger partial charge is 0.504 e. The van der Waals surface area contributed by atoms with Crippen LogP contribution in [0.5, 0.6) is 11.5 Å². The fourth-order valence-corrected chi connectivity index (χ4v) is 2.17. The first-order valence-corrected chi connectivity index (χ1v) is 6.92. The van der Waals surface area contributed by atoms with Crippen molar-refractivity contribution < 1.29 is 9.84 Å². The van der Waals surface area contributed by atoms with Crippen molar-refractivity contribution in [3.05, 3.63) is 65.9 Å². The Morgan fingerprint density at radius 3 is 2.64 bits per heavy atom. The molecular weight excluding hydrogens is 276 g/mol. The van der Waals surface area contributed by atoms with Gasteiger partial charge in [0.05, 0.1) is 18.5 Å². The number of rotatable bonds is 4. The highest BCUT2D eigenvalue weighted by atomic mass is 16.5. The summed E-state index contributed by atoms with van der Waals surface area (Å²) in [4.78, 5) is 0. The molecule has 0 fully saturated rings. The highest BCUT2D eigenvalue weighted by Crippen LogP contribution is 2.27. The van der Waals surface area contributed by atoms with Gasteiger partial charge in [0.2, 0.25) is 0 Å². The van der Waals surface area contributed by atoms with Gasteiger partial charge in [0.25, 0.3) is 0 Å². The van der Waals surface area contributed by atoms with Gasteiger partial charge in [0.15, 0.2) is 11.5 Å². The monoisotopic (exact) mass is 292 g/mol. The van der Waals surface area contributed by atoms with E-state index in [1.807, 2.05) is 54.6 Å². The molecule has 0 saturated heterocycles. The molecule has 0 atom stereocenters. The lowest BCUT2D eigenvalue weighted by Crippen LogP contribution is -1.84. The first kappa shape index (κ1) is 13.9. The minimum absolute atomic E-state index is 0.130. The van der Waals surface area contributed by atoms with Gasteiger partial charge in [-0.3, -0.25) is 5.10 Å². The van der Waals surface area contributed by atoms with Crippen molar-refractivity contribution in [3.63, 3.8) is 0 Å². The summed E-state index contributed by atoms with van der Waals surface area (Å²) in [6.45, 7) is 0. The Balaban J connectivity index is 1.80. The molecule has 22 heavy (non-hydrogen) atoms. The van der Waals surface area contributed by atoms with Gasteiger partial charge in [-0.2, -0.15) is 5.10 Å². The number of hydrogen-bond acceptors (Lipinski definition) is 3. The van der Waals surface area contributed by atoms with Gasteiger partial charge >= 0.3 is 0 Å². The van der Waals surface area contributed by atoms with E-state index in [-0.39, 0.29) is 5.75 Å². The van der Waals surface area contributed by atoms with E-state index in [2.05, 4.69) is 10.2 Å². The van der Waals surface area contributed by atoms with E-state index in [0.29, 0.717) is 5.75 Å². The molecule has 0 amide bonds. The zero-order valence-corrected chi connectivity index (χ0v) is 12.2. The molecule has 4 heteroatoms. The van der Waals surface area contributed by atoms with E-state index in [1.165, 1.54) is 7.11 Å². The van der Waals surface area contributed by atoms with Crippen LogP contribution in [0.25, 0.3) is 23.4 Å². The van der Waals surface area contributed by atoms with E-state index in [0.717, 1.165) is 22.5 Å². The molecule has 3 rings (SSSR count). The molecule has 0 aliphatic carbocycles. The average Bonchev–Trinajstić information content (AvgIpc) is 3.04. The topological polar surface area (TPSA) is 58.1 Å². The third-order valence-corrected chi connectivity index (χ3v) is 3.33. The van der Waals surface area contributed by atoms with Gasteiger partial charge < -0.3 is 9.84 Å². The van der Waals surface area contributed by atoms with E-state index in [1.54, 1.807) is 12.1 Å². The molecule has 1 aromatic heterocycles. The second-order valence-electron chi connectivity index (χ2n) is 4.84. The van der Waals surface area contributed by atoms with E-state index in [9.17, 15) is 5.11 Å². The number of aromatic amines is 1. The van der Waals surface area contributed by atoms with Crippen LogP contribution < -0.4 is 4.74 Å². The maximum atomic E-state index is 9.58. The number of benzene rings is 2. The predicted molar refractivity (Wildman–Crippen MR) is 87.6 cm³/mol. The minimum atomic E-state index is 0.130. The van der Waals surface area contributed by atoms with Gasteiger partial charge in [-0.25, -0.2) is 0 Å². The minimum Gasteiger partial charge on any atom is -0.504 e. The van der Waals surface area contributed by atoms with Crippen LogP contribution >= 0.6 is 0 Å². The van der Waals surface area contributed by atoms with Gasteiger partial charge in [-0.15, -0.1) is 0 Å². The van der Waals surface area contributed by atoms with E-state index >= 15 is 0 Å². The van der Waals surface area contributed by atoms with Crippen molar-refractivity contribution in [3.8, 4) is 22.8 Å². The second kappa shape index (κ2) is 6.18. The summed E-state index contributed by atoms with van der Waals surface area (Å²) >= 11 is 0. The molecule has 2 aromatic carbocycles. The number of aromatic nitrogens is 2. The van der Waals surface area contributed by atoms with Gasteiger partial charge in [-0.05, 0) is 35.4 Å². The number of phenols is 1. The summed E-state index contributed by atoms with van der Waals surface area (Å²) in [5, 5.41) is 16.9. The molecule has 2 N–H and O–H groups in total. The number of nitrogens with zero attached hydrogens (tertiary/aromatic N) is 1. The zero-order valence-electron chi connectivity index (χ0n) is 12.2. The molecule has 0 aliphatic heterocycles. The maximum Gasteiger partial charge on any atom is 0.161 e. The molecule has 110 valence electrons. The Bertz CT molecular complexity index is 792. The van der Waals surface area contributed by atoms with E-state index in [4.69, 9.17) is 4.74 Å². The highest BCUT2D eigenvalue weighted by Gasteiger charge is 2.02. The number of aromatic hydroxyl groups is 1.